The average molecular weight is 459 g/mol. The highest BCUT2D eigenvalue weighted by molar-refractivity contribution is 5.93. The van der Waals surface area contributed by atoms with Crippen molar-refractivity contribution in [3.8, 4) is 0 Å². The number of alkyl halides is 1. The number of carbonyl (C=O) groups excluding carboxylic acids is 1. The highest BCUT2D eigenvalue weighted by atomic mass is 19.1. The van der Waals surface area contributed by atoms with E-state index >= 15 is 0 Å². The minimum atomic E-state index is -1.33. The topological polar surface area (TPSA) is 104 Å². The van der Waals surface area contributed by atoms with Crippen LogP contribution in [0, 0.1) is 12.7 Å². The van der Waals surface area contributed by atoms with Gasteiger partial charge in [-0.05, 0) is 49.5 Å². The Kier molecular flexibility index (Phi) is 6.20. The number of amides is 1. The van der Waals surface area contributed by atoms with Crippen LogP contribution in [0.3, 0.4) is 0 Å². The summed E-state index contributed by atoms with van der Waals surface area (Å²) in [6.07, 6.45) is 2.11. The third kappa shape index (κ3) is 4.10. The molecule has 3 heterocycles. The van der Waals surface area contributed by atoms with Crippen molar-refractivity contribution < 1.29 is 18.3 Å². The van der Waals surface area contributed by atoms with Crippen molar-refractivity contribution in [2.75, 3.05) is 18.5 Å². The van der Waals surface area contributed by atoms with Crippen molar-refractivity contribution in [2.24, 2.45) is 17.8 Å². The molecule has 2 aliphatic rings. The van der Waals surface area contributed by atoms with E-state index in [0.717, 1.165) is 5.57 Å². The largest absolute Gasteiger partial charge is 0.378 e. The van der Waals surface area contributed by atoms with Gasteiger partial charge < -0.3 is 15.8 Å². The Hall–Kier alpha value is -3.27. The molecule has 2 aromatic rings. The molecule has 10 heteroatoms. The Morgan fingerprint density at radius 3 is 2.82 bits per heavy atom. The number of ether oxygens (including phenoxy) is 1. The molecule has 3 N–H and O–H groups in total. The lowest BCUT2D eigenvalue weighted by Gasteiger charge is -2.26. The Bertz CT molecular complexity index is 1330. The maximum absolute atomic E-state index is 14.7. The van der Waals surface area contributed by atoms with Crippen LogP contribution >= 0.6 is 0 Å². The molecule has 1 aromatic heterocycles. The highest BCUT2D eigenvalue weighted by Gasteiger charge is 2.31. The molecule has 33 heavy (non-hydrogen) atoms. The Morgan fingerprint density at radius 2 is 2.15 bits per heavy atom. The standard InChI is InChI=1S/C23H27F2N5O3/c1-4-13-5-6-19-22(30(23(32)29(19)3)18-7-8-33-11-16(18)25)28-21(13)27-17-10-15(24)14(20(26)31)9-12(17)2/h6,9-10,16,18,27H,4-5,7-8,11H2,1-3H3,(H2,26,31). The Labute approximate surface area is 189 Å². The number of hydrogen-bond acceptors (Lipinski definition) is 5. The zero-order chi connectivity index (χ0) is 23.9. The summed E-state index contributed by atoms with van der Waals surface area (Å²) in [5, 5.41) is 3.77. The van der Waals surface area contributed by atoms with Crippen LogP contribution in [0.4, 0.5) is 14.5 Å². The molecule has 4 rings (SSSR count). The van der Waals surface area contributed by atoms with E-state index in [1.165, 1.54) is 21.3 Å². The zero-order valence-corrected chi connectivity index (χ0v) is 18.8. The summed E-state index contributed by atoms with van der Waals surface area (Å²) in [5.41, 5.74) is 7.03. The van der Waals surface area contributed by atoms with Gasteiger partial charge in [-0.3, -0.25) is 13.9 Å². The number of carbonyl (C=O) groups is 1. The van der Waals surface area contributed by atoms with Crippen LogP contribution in [0.1, 0.15) is 48.1 Å². The van der Waals surface area contributed by atoms with Crippen molar-refractivity contribution in [1.82, 2.24) is 9.13 Å². The minimum Gasteiger partial charge on any atom is -0.378 e. The molecule has 176 valence electrons. The van der Waals surface area contributed by atoms with Gasteiger partial charge in [0.15, 0.2) is 5.49 Å². The first-order valence-corrected chi connectivity index (χ1v) is 10.9. The van der Waals surface area contributed by atoms with Crippen LogP contribution in [0.25, 0.3) is 6.08 Å². The number of fused-ring (bicyclic) bond motifs is 1. The average Bonchev–Trinajstić information content (AvgIpc) is 2.90. The number of nitrogens with zero attached hydrogens (tertiary/aromatic N) is 3. The lowest BCUT2D eigenvalue weighted by molar-refractivity contribution is 0.00129. The molecular weight excluding hydrogens is 432 g/mol. The van der Waals surface area contributed by atoms with E-state index in [2.05, 4.69) is 5.32 Å². The summed E-state index contributed by atoms with van der Waals surface area (Å²) >= 11 is 0. The summed E-state index contributed by atoms with van der Waals surface area (Å²) in [6.45, 7) is 3.99. The minimum absolute atomic E-state index is 0.0731. The van der Waals surface area contributed by atoms with Crippen LogP contribution in [0.5, 0.6) is 0 Å². The van der Waals surface area contributed by atoms with Crippen molar-refractivity contribution >= 4 is 17.7 Å². The number of aryl methyl sites for hydroxylation is 1. The van der Waals surface area contributed by atoms with Crippen LogP contribution in [0.2, 0.25) is 0 Å². The van der Waals surface area contributed by atoms with Crippen LogP contribution < -0.4 is 27.6 Å². The molecule has 0 radical (unpaired) electrons. The van der Waals surface area contributed by atoms with E-state index in [0.29, 0.717) is 53.8 Å². The number of aromatic nitrogens is 2. The number of halogens is 2. The number of primary amides is 1. The monoisotopic (exact) mass is 459 g/mol. The van der Waals surface area contributed by atoms with Crippen LogP contribution in [-0.2, 0) is 11.8 Å². The van der Waals surface area contributed by atoms with Gasteiger partial charge in [-0.1, -0.05) is 13.0 Å². The summed E-state index contributed by atoms with van der Waals surface area (Å²) in [5.74, 6) is -1.13. The number of hydrogen-bond donors (Lipinski definition) is 2. The first-order chi connectivity index (χ1) is 15.7. The summed E-state index contributed by atoms with van der Waals surface area (Å²) in [7, 11) is 1.64. The lowest BCUT2D eigenvalue weighted by Crippen LogP contribution is -2.43. The molecule has 1 saturated heterocycles. The predicted molar refractivity (Wildman–Crippen MR) is 119 cm³/mol. The van der Waals surface area contributed by atoms with E-state index in [4.69, 9.17) is 15.5 Å². The second-order valence-corrected chi connectivity index (χ2v) is 8.33. The zero-order valence-electron chi connectivity index (χ0n) is 18.8. The molecule has 0 saturated carbocycles. The third-order valence-corrected chi connectivity index (χ3v) is 6.25. The smallest absolute Gasteiger partial charge is 0.330 e. The van der Waals surface area contributed by atoms with Gasteiger partial charge in [0.2, 0.25) is 0 Å². The molecule has 2 aliphatic heterocycles. The Balaban J connectivity index is 1.87. The van der Waals surface area contributed by atoms with Crippen molar-refractivity contribution in [1.29, 1.82) is 0 Å². The number of imidazole rings is 1. The maximum atomic E-state index is 14.7. The fourth-order valence-corrected chi connectivity index (χ4v) is 4.31. The number of nitrogens with two attached hydrogens (primary N) is 1. The molecule has 1 aromatic carbocycles. The van der Waals surface area contributed by atoms with Gasteiger partial charge in [0.05, 0.1) is 23.6 Å². The maximum Gasteiger partial charge on any atom is 0.330 e. The molecule has 2 unspecified atom stereocenters. The van der Waals surface area contributed by atoms with E-state index in [1.54, 1.807) is 14.0 Å². The van der Waals surface area contributed by atoms with E-state index in [1.807, 2.05) is 13.0 Å². The molecule has 8 nitrogen and oxygen atoms in total. The van der Waals surface area contributed by atoms with E-state index in [9.17, 15) is 18.4 Å². The molecule has 0 aliphatic carbocycles. The summed E-state index contributed by atoms with van der Waals surface area (Å²) < 4.78 is 37.3. The number of nitrogens with one attached hydrogen (secondary N) is 1. The fourth-order valence-electron chi connectivity index (χ4n) is 4.31. The van der Waals surface area contributed by atoms with Crippen molar-refractivity contribution in [2.45, 2.75) is 45.3 Å². The lowest BCUT2D eigenvalue weighted by atomic mass is 10.1. The van der Waals surface area contributed by atoms with Crippen molar-refractivity contribution in [3.63, 3.8) is 0 Å². The quantitative estimate of drug-likeness (QED) is 0.708. The molecular formula is C23H27F2N5O3. The number of anilines is 1. The number of allylic oxidation sites excluding steroid dienone is 1. The van der Waals surface area contributed by atoms with Crippen LogP contribution in [-0.4, -0.2) is 34.4 Å². The number of rotatable bonds is 5. The van der Waals surface area contributed by atoms with Gasteiger partial charge in [-0.15, -0.1) is 0 Å². The normalized spacial score (nSPS) is 20.5. The molecule has 1 fully saturated rings. The van der Waals surface area contributed by atoms with E-state index < -0.39 is 23.9 Å². The predicted octanol–water partition coefficient (Wildman–Crippen LogP) is 1.57. The molecule has 2 atom stereocenters. The van der Waals surface area contributed by atoms with Gasteiger partial charge in [-0.25, -0.2) is 18.6 Å². The summed E-state index contributed by atoms with van der Waals surface area (Å²) in [4.78, 5) is 29.3. The second-order valence-electron chi connectivity index (χ2n) is 8.33. The van der Waals surface area contributed by atoms with Gasteiger partial charge >= 0.3 is 5.69 Å². The number of benzene rings is 1. The second kappa shape index (κ2) is 8.93. The summed E-state index contributed by atoms with van der Waals surface area (Å²) in [6, 6.07) is 1.90. The Morgan fingerprint density at radius 1 is 1.39 bits per heavy atom. The third-order valence-electron chi connectivity index (χ3n) is 6.25. The fraction of sp³-hybridized carbons (Fsp3) is 0.435. The molecule has 1 amide bonds. The van der Waals surface area contributed by atoms with Gasteiger partial charge in [-0.2, -0.15) is 0 Å². The van der Waals surface area contributed by atoms with Crippen LogP contribution in [0.15, 0.2) is 33.3 Å². The first-order valence-electron chi connectivity index (χ1n) is 10.9. The highest BCUT2D eigenvalue weighted by Crippen LogP contribution is 2.25. The molecule has 0 spiro atoms. The van der Waals surface area contributed by atoms with Gasteiger partial charge in [0, 0.05) is 19.3 Å². The van der Waals surface area contributed by atoms with Gasteiger partial charge in [0.25, 0.3) is 5.91 Å². The first kappa shape index (κ1) is 22.9. The molecule has 0 bridgehead atoms. The van der Waals surface area contributed by atoms with Gasteiger partial charge in [0.1, 0.15) is 17.8 Å². The van der Waals surface area contributed by atoms with Crippen molar-refractivity contribution in [3.05, 3.63) is 61.8 Å². The van der Waals surface area contributed by atoms with E-state index in [-0.39, 0.29) is 17.9 Å². The SMILES string of the molecule is CCC1=C(Nc2cc(F)c(C(N)=O)cc2C)N=c2c(n(C)c(=O)n2C2CCOCC2F)=CC1.